The molecule has 212 valence electrons. The van der Waals surface area contributed by atoms with Gasteiger partial charge in [-0.25, -0.2) is 4.39 Å². The predicted octanol–water partition coefficient (Wildman–Crippen LogP) is 4.34. The second kappa shape index (κ2) is 11.1. The number of carbonyl (C=O) groups excluding carboxylic acids is 2. The van der Waals surface area contributed by atoms with Gasteiger partial charge in [-0.3, -0.25) is 19.3 Å². The van der Waals surface area contributed by atoms with Crippen LogP contribution in [0.15, 0.2) is 53.5 Å². The summed E-state index contributed by atoms with van der Waals surface area (Å²) in [6, 6.07) is 9.18. The third-order valence-electron chi connectivity index (χ3n) is 7.19. The highest BCUT2D eigenvalue weighted by molar-refractivity contribution is 6.07. The van der Waals surface area contributed by atoms with Crippen molar-refractivity contribution in [3.05, 3.63) is 81.5 Å². The summed E-state index contributed by atoms with van der Waals surface area (Å²) in [5.74, 6) is -2.15. The van der Waals surface area contributed by atoms with E-state index in [4.69, 9.17) is 0 Å². The van der Waals surface area contributed by atoms with E-state index in [0.717, 1.165) is 12.3 Å². The maximum absolute atomic E-state index is 14.9. The Bertz CT molecular complexity index is 1490. The first-order chi connectivity index (χ1) is 18.8. The van der Waals surface area contributed by atoms with Crippen LogP contribution in [0, 0.1) is 5.82 Å². The van der Waals surface area contributed by atoms with Crippen molar-refractivity contribution in [1.29, 1.82) is 0 Å². The number of halogens is 4. The Labute approximate surface area is 228 Å². The number of amides is 2. The molecule has 1 saturated heterocycles. The van der Waals surface area contributed by atoms with Gasteiger partial charge in [0.2, 0.25) is 5.56 Å². The van der Waals surface area contributed by atoms with Gasteiger partial charge < -0.3 is 20.5 Å². The summed E-state index contributed by atoms with van der Waals surface area (Å²) >= 11 is 0. The molecule has 2 aromatic carbocycles. The van der Waals surface area contributed by atoms with Crippen LogP contribution in [0.1, 0.15) is 40.1 Å². The molecule has 0 spiro atoms. The average Bonchev–Trinajstić information content (AvgIpc) is 2.90. The molecule has 0 radical (unpaired) electrons. The number of hydrogen-bond donors (Lipinski definition) is 3. The van der Waals surface area contributed by atoms with Gasteiger partial charge in [0.25, 0.3) is 11.8 Å². The zero-order valence-corrected chi connectivity index (χ0v) is 22.3. The molecule has 3 N–H and O–H groups in total. The number of pyridine rings is 1. The maximum Gasteiger partial charge on any atom is 0.417 e. The fraction of sp³-hybridized carbons (Fsp3) is 0.321. The highest BCUT2D eigenvalue weighted by Gasteiger charge is 2.36. The molecule has 2 heterocycles. The first kappa shape index (κ1) is 28.8. The number of anilines is 2. The van der Waals surface area contributed by atoms with Gasteiger partial charge >= 0.3 is 6.18 Å². The SMILES string of the molecule is CNC(=O)c1ccc(F)c(-c2ccc(N3C[C@@H](C)N(C)[C@@H](C)C3)c(NC(=O)c3c[nH]c(=O)cc3C(F)(F)F)c2)c1. The van der Waals surface area contributed by atoms with Gasteiger partial charge in [-0.2, -0.15) is 13.2 Å². The van der Waals surface area contributed by atoms with Crippen LogP contribution in [0.5, 0.6) is 0 Å². The van der Waals surface area contributed by atoms with E-state index in [1.807, 2.05) is 25.8 Å². The molecule has 12 heteroatoms. The van der Waals surface area contributed by atoms with E-state index in [2.05, 4.69) is 20.5 Å². The quantitative estimate of drug-likeness (QED) is 0.404. The number of alkyl halides is 3. The summed E-state index contributed by atoms with van der Waals surface area (Å²) < 4.78 is 55.9. The minimum atomic E-state index is -4.95. The minimum absolute atomic E-state index is 0.0725. The molecular weight excluding hydrogens is 530 g/mol. The number of carbonyl (C=O) groups is 2. The van der Waals surface area contributed by atoms with Gasteiger partial charge in [0, 0.05) is 55.6 Å². The van der Waals surface area contributed by atoms with Crippen LogP contribution in [-0.4, -0.2) is 61.0 Å². The third-order valence-corrected chi connectivity index (χ3v) is 7.19. The van der Waals surface area contributed by atoms with Gasteiger partial charge in [-0.1, -0.05) is 6.07 Å². The summed E-state index contributed by atoms with van der Waals surface area (Å²) in [5, 5.41) is 5.03. The number of likely N-dealkylation sites (N-methyl/N-ethyl adjacent to an activating group) is 1. The number of aromatic nitrogens is 1. The lowest BCUT2D eigenvalue weighted by atomic mass is 9.99. The van der Waals surface area contributed by atoms with Crippen LogP contribution in [0.2, 0.25) is 0 Å². The lowest BCUT2D eigenvalue weighted by Gasteiger charge is -2.44. The molecule has 1 aliphatic heterocycles. The molecule has 0 saturated carbocycles. The van der Waals surface area contributed by atoms with Crippen LogP contribution in [0.4, 0.5) is 28.9 Å². The summed E-state index contributed by atoms with van der Waals surface area (Å²) in [4.78, 5) is 43.3. The second-order valence-corrected chi connectivity index (χ2v) is 9.85. The lowest BCUT2D eigenvalue weighted by Crippen LogP contribution is -2.55. The lowest BCUT2D eigenvalue weighted by molar-refractivity contribution is -0.138. The van der Waals surface area contributed by atoms with E-state index >= 15 is 0 Å². The fourth-order valence-electron chi connectivity index (χ4n) is 4.80. The van der Waals surface area contributed by atoms with Gasteiger partial charge in [-0.15, -0.1) is 0 Å². The van der Waals surface area contributed by atoms with Crippen molar-refractivity contribution in [2.45, 2.75) is 32.1 Å². The van der Waals surface area contributed by atoms with Gasteiger partial charge in [0.1, 0.15) is 5.82 Å². The molecule has 4 rings (SSSR count). The van der Waals surface area contributed by atoms with Crippen LogP contribution >= 0.6 is 0 Å². The van der Waals surface area contributed by atoms with Crippen molar-refractivity contribution < 1.29 is 27.2 Å². The van der Waals surface area contributed by atoms with Crippen molar-refractivity contribution in [3.8, 4) is 11.1 Å². The monoisotopic (exact) mass is 559 g/mol. The predicted molar refractivity (Wildman–Crippen MR) is 144 cm³/mol. The molecule has 40 heavy (non-hydrogen) atoms. The number of hydrogen-bond acceptors (Lipinski definition) is 5. The van der Waals surface area contributed by atoms with E-state index in [-0.39, 0.29) is 28.9 Å². The molecule has 1 aliphatic rings. The maximum atomic E-state index is 14.9. The van der Waals surface area contributed by atoms with Gasteiger partial charge in [-0.05, 0) is 56.8 Å². The molecule has 1 fully saturated rings. The summed E-state index contributed by atoms with van der Waals surface area (Å²) in [7, 11) is 3.44. The van der Waals surface area contributed by atoms with Crippen molar-refractivity contribution in [2.75, 3.05) is 37.4 Å². The van der Waals surface area contributed by atoms with Crippen LogP contribution in [0.25, 0.3) is 11.1 Å². The topological polar surface area (TPSA) is 97.5 Å². The molecule has 1 aromatic heterocycles. The van der Waals surface area contributed by atoms with Crippen LogP contribution in [-0.2, 0) is 6.18 Å². The molecule has 0 aliphatic carbocycles. The van der Waals surface area contributed by atoms with Crippen LogP contribution < -0.4 is 21.1 Å². The zero-order valence-electron chi connectivity index (χ0n) is 22.3. The van der Waals surface area contributed by atoms with Gasteiger partial charge in [0.15, 0.2) is 0 Å². The molecule has 8 nitrogen and oxygen atoms in total. The normalized spacial score (nSPS) is 17.9. The number of rotatable bonds is 5. The number of nitrogens with one attached hydrogen (secondary N) is 3. The smallest absolute Gasteiger partial charge is 0.367 e. The first-order valence-electron chi connectivity index (χ1n) is 12.5. The second-order valence-electron chi connectivity index (χ2n) is 9.85. The van der Waals surface area contributed by atoms with E-state index in [0.29, 0.717) is 30.4 Å². The average molecular weight is 560 g/mol. The number of benzene rings is 2. The summed E-state index contributed by atoms with van der Waals surface area (Å²) in [6.07, 6.45) is -4.23. The van der Waals surface area contributed by atoms with E-state index < -0.39 is 40.5 Å². The molecule has 0 bridgehead atoms. The molecule has 2 atom stereocenters. The van der Waals surface area contributed by atoms with E-state index in [9.17, 15) is 31.9 Å². The molecule has 2 amide bonds. The van der Waals surface area contributed by atoms with Crippen LogP contribution in [0.3, 0.4) is 0 Å². The Balaban J connectivity index is 1.82. The Morgan fingerprint density at radius 2 is 1.68 bits per heavy atom. The van der Waals surface area contributed by atoms with Crippen molar-refractivity contribution in [2.24, 2.45) is 0 Å². The molecule has 3 aromatic rings. The van der Waals surface area contributed by atoms with Crippen molar-refractivity contribution >= 4 is 23.2 Å². The number of H-pyrrole nitrogens is 1. The van der Waals surface area contributed by atoms with Crippen molar-refractivity contribution in [1.82, 2.24) is 15.2 Å². The Morgan fingerprint density at radius 3 is 2.30 bits per heavy atom. The summed E-state index contributed by atoms with van der Waals surface area (Å²) in [6.45, 7) is 5.20. The van der Waals surface area contributed by atoms with E-state index in [1.54, 1.807) is 12.1 Å². The zero-order chi connectivity index (χ0) is 29.4. The number of piperazine rings is 1. The summed E-state index contributed by atoms with van der Waals surface area (Å²) in [5.41, 5.74) is -1.88. The number of aromatic amines is 1. The van der Waals surface area contributed by atoms with Crippen molar-refractivity contribution in [3.63, 3.8) is 0 Å². The Kier molecular flexibility index (Phi) is 8.01. The largest absolute Gasteiger partial charge is 0.417 e. The highest BCUT2D eigenvalue weighted by atomic mass is 19.4. The standard InChI is InChI=1S/C28H29F4N5O3/c1-15-13-37(14-16(2)36(15)4)24-8-6-17(19-9-18(26(39)33-3)5-7-22(19)29)10-23(24)35-27(40)20-12-34-25(38)11-21(20)28(30,31)32/h5-12,15-16H,13-14H2,1-4H3,(H,33,39)(H,34,38)(H,35,40)/t15-,16+. The Morgan fingerprint density at radius 1 is 1.00 bits per heavy atom. The Hall–Kier alpha value is -4.19. The fourth-order valence-corrected chi connectivity index (χ4v) is 4.80. The number of nitrogens with zero attached hydrogens (tertiary/aromatic N) is 2. The highest BCUT2D eigenvalue weighted by Crippen LogP contribution is 2.36. The molecular formula is C28H29F4N5O3. The minimum Gasteiger partial charge on any atom is -0.367 e. The first-order valence-corrected chi connectivity index (χ1v) is 12.5. The molecule has 0 unspecified atom stereocenters. The van der Waals surface area contributed by atoms with Gasteiger partial charge in [0.05, 0.1) is 22.5 Å². The third kappa shape index (κ3) is 5.86. The van der Waals surface area contributed by atoms with E-state index in [1.165, 1.54) is 25.2 Å².